The molecule has 0 saturated carbocycles. The summed E-state index contributed by atoms with van der Waals surface area (Å²) >= 11 is 0. The van der Waals surface area contributed by atoms with Gasteiger partial charge >= 0.3 is 5.69 Å². The van der Waals surface area contributed by atoms with Gasteiger partial charge in [-0.05, 0) is 24.1 Å². The predicted molar refractivity (Wildman–Crippen MR) is 137 cm³/mol. The van der Waals surface area contributed by atoms with E-state index < -0.39 is 23.1 Å². The number of hydrogen-bond acceptors (Lipinski definition) is 6. The summed E-state index contributed by atoms with van der Waals surface area (Å²) in [6.45, 7) is 2.20. The van der Waals surface area contributed by atoms with Crippen molar-refractivity contribution in [3.05, 3.63) is 80.5 Å². The minimum absolute atomic E-state index is 0.0532. The van der Waals surface area contributed by atoms with Gasteiger partial charge in [0.2, 0.25) is 11.8 Å². The molecule has 2 amide bonds. The molecule has 188 valence electrons. The molecular formula is C26H29N5O5. The van der Waals surface area contributed by atoms with Crippen LogP contribution in [0.5, 0.6) is 5.75 Å². The first-order valence-electron chi connectivity index (χ1n) is 11.8. The van der Waals surface area contributed by atoms with Crippen molar-refractivity contribution in [1.82, 2.24) is 9.55 Å². The molecule has 0 bridgehead atoms. The zero-order valence-electron chi connectivity index (χ0n) is 20.2. The van der Waals surface area contributed by atoms with Gasteiger partial charge in [-0.1, -0.05) is 49.7 Å². The Morgan fingerprint density at radius 1 is 1.14 bits per heavy atom. The molecule has 2 heterocycles. The lowest BCUT2D eigenvalue weighted by atomic mass is 9.89. The Morgan fingerprint density at radius 2 is 1.86 bits per heavy atom. The van der Waals surface area contributed by atoms with Gasteiger partial charge in [0.05, 0.1) is 19.6 Å². The number of H-pyrrole nitrogens is 1. The van der Waals surface area contributed by atoms with E-state index in [0.717, 1.165) is 6.42 Å². The first kappa shape index (κ1) is 24.8. The number of aromatic nitrogens is 2. The van der Waals surface area contributed by atoms with Crippen LogP contribution in [0, 0.1) is 0 Å². The van der Waals surface area contributed by atoms with Crippen LogP contribution in [0.25, 0.3) is 0 Å². The van der Waals surface area contributed by atoms with Crippen molar-refractivity contribution < 1.29 is 14.3 Å². The molecule has 1 unspecified atom stereocenters. The zero-order valence-corrected chi connectivity index (χ0v) is 20.2. The number of benzene rings is 2. The Morgan fingerprint density at radius 3 is 2.61 bits per heavy atom. The van der Waals surface area contributed by atoms with Crippen LogP contribution in [0.1, 0.15) is 43.2 Å². The fourth-order valence-corrected chi connectivity index (χ4v) is 4.47. The topological polar surface area (TPSA) is 140 Å². The molecule has 1 aliphatic rings. The largest absolute Gasteiger partial charge is 0.496 e. The maximum absolute atomic E-state index is 14.1. The Hall–Kier alpha value is -4.34. The van der Waals surface area contributed by atoms with Gasteiger partial charge in [-0.25, -0.2) is 4.79 Å². The van der Waals surface area contributed by atoms with Crippen LogP contribution in [0.15, 0.2) is 58.1 Å². The summed E-state index contributed by atoms with van der Waals surface area (Å²) in [6.07, 6.45) is 1.37. The lowest BCUT2D eigenvalue weighted by Gasteiger charge is -2.31. The van der Waals surface area contributed by atoms with Crippen LogP contribution in [0.3, 0.4) is 0 Å². The summed E-state index contributed by atoms with van der Waals surface area (Å²) in [5, 5.41) is 2.79. The summed E-state index contributed by atoms with van der Waals surface area (Å²) in [4.78, 5) is 55.8. The molecule has 3 aromatic rings. The van der Waals surface area contributed by atoms with Crippen LogP contribution in [0.2, 0.25) is 0 Å². The Labute approximate surface area is 207 Å². The third-order valence-corrected chi connectivity index (χ3v) is 6.30. The van der Waals surface area contributed by atoms with Crippen LogP contribution in [-0.4, -0.2) is 28.5 Å². The summed E-state index contributed by atoms with van der Waals surface area (Å²) in [7, 11) is 1.51. The minimum Gasteiger partial charge on any atom is -0.496 e. The molecule has 10 nitrogen and oxygen atoms in total. The van der Waals surface area contributed by atoms with Crippen LogP contribution in [-0.2, 0) is 22.7 Å². The highest BCUT2D eigenvalue weighted by atomic mass is 16.5. The molecule has 1 aliphatic heterocycles. The number of hydrogen-bond donors (Lipinski definition) is 3. The number of fused-ring (bicyclic) bond motifs is 1. The molecule has 1 atom stereocenters. The normalized spacial score (nSPS) is 14.6. The number of amides is 2. The van der Waals surface area contributed by atoms with Crippen molar-refractivity contribution >= 4 is 29.0 Å². The molecule has 0 aliphatic carbocycles. The molecule has 0 fully saturated rings. The molecule has 0 radical (unpaired) electrons. The van der Waals surface area contributed by atoms with E-state index in [1.165, 1.54) is 16.6 Å². The van der Waals surface area contributed by atoms with Crippen LogP contribution < -0.4 is 31.9 Å². The molecule has 1 aromatic heterocycles. The number of carbonyl (C=O) groups is 2. The number of rotatable bonds is 8. The van der Waals surface area contributed by atoms with Crippen molar-refractivity contribution in [2.75, 3.05) is 23.1 Å². The lowest BCUT2D eigenvalue weighted by Crippen LogP contribution is -2.44. The maximum Gasteiger partial charge on any atom is 0.330 e. The van der Waals surface area contributed by atoms with Crippen LogP contribution >= 0.6 is 0 Å². The highest BCUT2D eigenvalue weighted by molar-refractivity contribution is 6.06. The molecule has 2 aromatic carbocycles. The number of para-hydroxylation sites is 2. The van der Waals surface area contributed by atoms with Gasteiger partial charge in [-0.2, -0.15) is 0 Å². The molecule has 4 rings (SSSR count). The highest BCUT2D eigenvalue weighted by Crippen LogP contribution is 2.36. The van der Waals surface area contributed by atoms with Crippen molar-refractivity contribution in [2.45, 2.75) is 45.2 Å². The minimum atomic E-state index is -0.848. The smallest absolute Gasteiger partial charge is 0.330 e. The number of methoxy groups -OCH3 is 1. The average molecular weight is 492 g/mol. The van der Waals surface area contributed by atoms with Gasteiger partial charge in [-0.3, -0.25) is 28.8 Å². The number of anilines is 3. The van der Waals surface area contributed by atoms with Gasteiger partial charge in [0.1, 0.15) is 11.6 Å². The Bertz CT molecular complexity index is 1410. The van der Waals surface area contributed by atoms with E-state index in [4.69, 9.17) is 10.5 Å². The third-order valence-electron chi connectivity index (χ3n) is 6.30. The number of nitrogens with zero attached hydrogens (tertiary/aromatic N) is 2. The average Bonchev–Trinajstić information content (AvgIpc) is 2.87. The van der Waals surface area contributed by atoms with Crippen molar-refractivity contribution in [3.8, 4) is 5.75 Å². The van der Waals surface area contributed by atoms with Gasteiger partial charge in [0.25, 0.3) is 5.56 Å². The SMILES string of the molecule is CCCCn1c(N)c(N(Cc2ccccc2OC)C(=O)C2CC(=O)Nc3ccccc32)c(=O)[nH]c1=O. The molecule has 0 saturated heterocycles. The number of unbranched alkanes of at least 4 members (excludes halogenated alkanes) is 1. The molecule has 4 N–H and O–H groups in total. The fraction of sp³-hybridized carbons (Fsp3) is 0.308. The quantitative estimate of drug-likeness (QED) is 0.443. The van der Waals surface area contributed by atoms with Crippen molar-refractivity contribution in [3.63, 3.8) is 0 Å². The fourth-order valence-electron chi connectivity index (χ4n) is 4.47. The second-order valence-corrected chi connectivity index (χ2v) is 8.63. The van der Waals surface area contributed by atoms with Gasteiger partial charge in [-0.15, -0.1) is 0 Å². The summed E-state index contributed by atoms with van der Waals surface area (Å²) in [6, 6.07) is 14.2. The first-order valence-corrected chi connectivity index (χ1v) is 11.8. The lowest BCUT2D eigenvalue weighted by molar-refractivity contribution is -0.124. The van der Waals surface area contributed by atoms with Gasteiger partial charge in [0.15, 0.2) is 5.69 Å². The number of ether oxygens (including phenoxy) is 1. The maximum atomic E-state index is 14.1. The van der Waals surface area contributed by atoms with Gasteiger partial charge < -0.3 is 15.8 Å². The standard InChI is InChI=1S/C26H29N5O5/c1-3-4-13-30-23(27)22(24(33)29-26(30)35)31(15-16-9-5-8-12-20(16)36-2)25(34)18-14-21(32)28-19-11-7-6-10-17(18)19/h5-12,18H,3-4,13-15,27H2,1-2H3,(H,28,32)(H,29,33,35). The second kappa shape index (κ2) is 10.5. The third kappa shape index (κ3) is 4.74. The van der Waals surface area contributed by atoms with Gasteiger partial charge in [0, 0.05) is 24.2 Å². The van der Waals surface area contributed by atoms with Crippen LogP contribution in [0.4, 0.5) is 17.2 Å². The Balaban J connectivity index is 1.88. The molecule has 36 heavy (non-hydrogen) atoms. The summed E-state index contributed by atoms with van der Waals surface area (Å²) in [5.41, 5.74) is 6.64. The molecule has 0 spiro atoms. The van der Waals surface area contributed by atoms with Crippen molar-refractivity contribution in [2.24, 2.45) is 0 Å². The van der Waals surface area contributed by atoms with E-state index in [2.05, 4.69) is 10.3 Å². The number of nitrogen functional groups attached to an aromatic ring is 1. The van der Waals surface area contributed by atoms with E-state index in [0.29, 0.717) is 29.0 Å². The van der Waals surface area contributed by atoms with E-state index in [9.17, 15) is 19.2 Å². The highest BCUT2D eigenvalue weighted by Gasteiger charge is 2.36. The van der Waals surface area contributed by atoms with E-state index in [1.54, 1.807) is 48.5 Å². The number of nitrogens with one attached hydrogen (secondary N) is 2. The van der Waals surface area contributed by atoms with E-state index in [1.807, 2.05) is 6.92 Å². The van der Waals surface area contributed by atoms with Crippen molar-refractivity contribution in [1.29, 1.82) is 0 Å². The predicted octanol–water partition coefficient (Wildman–Crippen LogP) is 2.59. The number of nitrogens with two attached hydrogens (primary N) is 1. The Kier molecular flexibility index (Phi) is 7.23. The first-order chi connectivity index (χ1) is 17.3. The second-order valence-electron chi connectivity index (χ2n) is 8.63. The van der Waals surface area contributed by atoms with E-state index in [-0.39, 0.29) is 36.9 Å². The zero-order chi connectivity index (χ0) is 25.8. The molecule has 10 heteroatoms. The van der Waals surface area contributed by atoms with E-state index >= 15 is 0 Å². The summed E-state index contributed by atoms with van der Waals surface area (Å²) in [5.74, 6) is -1.22. The monoisotopic (exact) mass is 491 g/mol. The number of carbonyl (C=O) groups excluding carboxylic acids is 2. The number of aromatic amines is 1. The molecular weight excluding hydrogens is 462 g/mol. The summed E-state index contributed by atoms with van der Waals surface area (Å²) < 4.78 is 6.73.